The molecule has 0 saturated carbocycles. The maximum Gasteiger partial charge on any atom is 0.407 e. The van der Waals surface area contributed by atoms with Gasteiger partial charge in [0.25, 0.3) is 0 Å². The summed E-state index contributed by atoms with van der Waals surface area (Å²) in [6.07, 6.45) is -0.233. The molecule has 0 aliphatic carbocycles. The second kappa shape index (κ2) is 7.67. The summed E-state index contributed by atoms with van der Waals surface area (Å²) in [6, 6.07) is 3.90. The minimum atomic E-state index is -0.487. The Bertz CT molecular complexity index is 352. The fourth-order valence-corrected chi connectivity index (χ4v) is 1.79. The Morgan fingerprint density at radius 3 is 2.88 bits per heavy atom. The lowest BCUT2D eigenvalue weighted by Gasteiger charge is -2.05. The van der Waals surface area contributed by atoms with E-state index in [2.05, 4.69) is 15.4 Å². The van der Waals surface area contributed by atoms with E-state index in [0.717, 1.165) is 4.88 Å². The first-order valence-corrected chi connectivity index (χ1v) is 6.30. The summed E-state index contributed by atoms with van der Waals surface area (Å²) in [7, 11) is 0. The Kier molecular flexibility index (Phi) is 6.09. The molecule has 5 nitrogen and oxygen atoms in total. The van der Waals surface area contributed by atoms with Crippen molar-refractivity contribution in [3.8, 4) is 0 Å². The van der Waals surface area contributed by atoms with Crippen molar-refractivity contribution >= 4 is 23.3 Å². The molecular formula is C11H16N2O3S. The average molecular weight is 256 g/mol. The quantitative estimate of drug-likeness (QED) is 0.810. The summed E-state index contributed by atoms with van der Waals surface area (Å²) >= 11 is 1.60. The van der Waals surface area contributed by atoms with E-state index >= 15 is 0 Å². The zero-order valence-electron chi connectivity index (χ0n) is 9.69. The van der Waals surface area contributed by atoms with Gasteiger partial charge in [-0.15, -0.1) is 11.3 Å². The van der Waals surface area contributed by atoms with Crippen LogP contribution in [0.1, 0.15) is 18.2 Å². The van der Waals surface area contributed by atoms with Crippen molar-refractivity contribution in [1.29, 1.82) is 0 Å². The predicted octanol–water partition coefficient (Wildman–Crippen LogP) is 1.50. The lowest BCUT2D eigenvalue weighted by molar-refractivity contribution is -0.121. The molecule has 0 aromatic carbocycles. The Morgan fingerprint density at radius 1 is 1.41 bits per heavy atom. The van der Waals surface area contributed by atoms with Gasteiger partial charge in [0.1, 0.15) is 0 Å². The smallest absolute Gasteiger partial charge is 0.407 e. The summed E-state index contributed by atoms with van der Waals surface area (Å²) in [5.74, 6) is -0.0878. The van der Waals surface area contributed by atoms with Crippen LogP contribution in [-0.4, -0.2) is 25.2 Å². The fourth-order valence-electron chi connectivity index (χ4n) is 1.15. The molecule has 0 radical (unpaired) electrons. The normalized spacial score (nSPS) is 9.71. The lowest BCUT2D eigenvalue weighted by Crippen LogP contribution is -2.30. The van der Waals surface area contributed by atoms with Crippen molar-refractivity contribution in [2.45, 2.75) is 19.9 Å². The SMILES string of the molecule is CCOC(=O)NCCC(=O)NCc1cccs1. The second-order valence-corrected chi connectivity index (χ2v) is 4.29. The molecule has 2 N–H and O–H groups in total. The summed E-state index contributed by atoms with van der Waals surface area (Å²) in [5.41, 5.74) is 0. The summed E-state index contributed by atoms with van der Waals surface area (Å²) in [5, 5.41) is 7.22. The summed E-state index contributed by atoms with van der Waals surface area (Å²) in [4.78, 5) is 23.4. The van der Waals surface area contributed by atoms with Crippen LogP contribution >= 0.6 is 11.3 Å². The van der Waals surface area contributed by atoms with Crippen molar-refractivity contribution in [3.05, 3.63) is 22.4 Å². The first-order chi connectivity index (χ1) is 8.22. The number of nitrogens with one attached hydrogen (secondary N) is 2. The number of alkyl carbamates (subject to hydrolysis) is 1. The van der Waals surface area contributed by atoms with Crippen LogP contribution < -0.4 is 10.6 Å². The van der Waals surface area contributed by atoms with Gasteiger partial charge in [0, 0.05) is 17.8 Å². The molecule has 0 fully saturated rings. The number of rotatable bonds is 6. The van der Waals surface area contributed by atoms with Crippen molar-refractivity contribution in [2.24, 2.45) is 0 Å². The predicted molar refractivity (Wildman–Crippen MR) is 65.8 cm³/mol. The minimum Gasteiger partial charge on any atom is -0.450 e. The largest absolute Gasteiger partial charge is 0.450 e. The lowest BCUT2D eigenvalue weighted by atomic mass is 10.4. The van der Waals surface area contributed by atoms with Gasteiger partial charge in [0.05, 0.1) is 13.2 Å². The molecule has 0 atom stereocenters. The zero-order chi connectivity index (χ0) is 12.5. The highest BCUT2D eigenvalue weighted by molar-refractivity contribution is 7.09. The van der Waals surface area contributed by atoms with Crippen LogP contribution in [0.2, 0.25) is 0 Å². The first-order valence-electron chi connectivity index (χ1n) is 5.42. The van der Waals surface area contributed by atoms with E-state index in [9.17, 15) is 9.59 Å². The highest BCUT2D eigenvalue weighted by Gasteiger charge is 2.04. The van der Waals surface area contributed by atoms with E-state index < -0.39 is 6.09 Å². The van der Waals surface area contributed by atoms with Gasteiger partial charge in [0.15, 0.2) is 0 Å². The monoisotopic (exact) mass is 256 g/mol. The number of hydrogen-bond donors (Lipinski definition) is 2. The molecule has 17 heavy (non-hydrogen) atoms. The molecule has 94 valence electrons. The van der Waals surface area contributed by atoms with E-state index in [-0.39, 0.29) is 18.9 Å². The van der Waals surface area contributed by atoms with Crippen LogP contribution in [0, 0.1) is 0 Å². The number of amides is 2. The molecule has 1 aromatic heterocycles. The van der Waals surface area contributed by atoms with Crippen LogP contribution in [0.3, 0.4) is 0 Å². The zero-order valence-corrected chi connectivity index (χ0v) is 10.5. The van der Waals surface area contributed by atoms with E-state index in [1.807, 2.05) is 17.5 Å². The van der Waals surface area contributed by atoms with E-state index in [1.54, 1.807) is 18.3 Å². The highest BCUT2D eigenvalue weighted by atomic mass is 32.1. The van der Waals surface area contributed by atoms with Crippen LogP contribution in [0.5, 0.6) is 0 Å². The van der Waals surface area contributed by atoms with Gasteiger partial charge in [-0.25, -0.2) is 4.79 Å². The summed E-state index contributed by atoms with van der Waals surface area (Å²) in [6.45, 7) is 2.88. The molecule has 6 heteroatoms. The van der Waals surface area contributed by atoms with Gasteiger partial charge in [-0.3, -0.25) is 4.79 Å². The molecule has 2 amide bonds. The van der Waals surface area contributed by atoms with Crippen LogP contribution in [0.15, 0.2) is 17.5 Å². The third-order valence-corrected chi connectivity index (χ3v) is 2.81. The molecule has 0 saturated heterocycles. The fraction of sp³-hybridized carbons (Fsp3) is 0.455. The molecule has 1 aromatic rings. The maximum absolute atomic E-state index is 11.4. The van der Waals surface area contributed by atoms with Crippen molar-refractivity contribution < 1.29 is 14.3 Å². The van der Waals surface area contributed by atoms with Crippen molar-refractivity contribution in [1.82, 2.24) is 10.6 Å². The van der Waals surface area contributed by atoms with Crippen LogP contribution in [-0.2, 0) is 16.1 Å². The van der Waals surface area contributed by atoms with Gasteiger partial charge >= 0.3 is 6.09 Å². The highest BCUT2D eigenvalue weighted by Crippen LogP contribution is 2.07. The second-order valence-electron chi connectivity index (χ2n) is 3.25. The van der Waals surface area contributed by atoms with Crippen LogP contribution in [0.25, 0.3) is 0 Å². The standard InChI is InChI=1S/C11H16N2O3S/c1-2-16-11(15)12-6-5-10(14)13-8-9-4-3-7-17-9/h3-4,7H,2,5-6,8H2,1H3,(H,12,15)(H,13,14). The Morgan fingerprint density at radius 2 is 2.24 bits per heavy atom. The third-order valence-electron chi connectivity index (χ3n) is 1.94. The number of carbonyl (C=O) groups is 2. The van der Waals surface area contributed by atoms with Gasteiger partial charge < -0.3 is 15.4 Å². The molecule has 0 aliphatic rings. The number of hydrogen-bond acceptors (Lipinski definition) is 4. The van der Waals surface area contributed by atoms with Gasteiger partial charge in [-0.2, -0.15) is 0 Å². The topological polar surface area (TPSA) is 67.4 Å². The van der Waals surface area contributed by atoms with E-state index in [0.29, 0.717) is 13.2 Å². The van der Waals surface area contributed by atoms with Crippen molar-refractivity contribution in [3.63, 3.8) is 0 Å². The molecule has 0 unspecified atom stereocenters. The number of thiophene rings is 1. The third kappa shape index (κ3) is 5.91. The molecule has 0 aliphatic heterocycles. The number of carbonyl (C=O) groups excluding carboxylic acids is 2. The van der Waals surface area contributed by atoms with Gasteiger partial charge in [0.2, 0.25) is 5.91 Å². The Labute approximate surface area is 104 Å². The maximum atomic E-state index is 11.4. The summed E-state index contributed by atoms with van der Waals surface area (Å²) < 4.78 is 4.66. The average Bonchev–Trinajstić information content (AvgIpc) is 2.79. The van der Waals surface area contributed by atoms with Gasteiger partial charge in [-0.05, 0) is 18.4 Å². The molecular weight excluding hydrogens is 240 g/mol. The minimum absolute atomic E-state index is 0.0878. The van der Waals surface area contributed by atoms with Crippen molar-refractivity contribution in [2.75, 3.05) is 13.2 Å². The van der Waals surface area contributed by atoms with Crippen LogP contribution in [0.4, 0.5) is 4.79 Å². The molecule has 0 bridgehead atoms. The Hall–Kier alpha value is -1.56. The Balaban J connectivity index is 2.07. The molecule has 1 heterocycles. The van der Waals surface area contributed by atoms with E-state index in [4.69, 9.17) is 0 Å². The molecule has 1 rings (SSSR count). The first kappa shape index (κ1) is 13.5. The number of ether oxygens (including phenoxy) is 1. The van der Waals surface area contributed by atoms with E-state index in [1.165, 1.54) is 0 Å². The molecule has 0 spiro atoms. The van der Waals surface area contributed by atoms with Gasteiger partial charge in [-0.1, -0.05) is 6.07 Å².